The Morgan fingerprint density at radius 2 is 1.76 bits per heavy atom. The second kappa shape index (κ2) is 8.05. The second-order valence-electron chi connectivity index (χ2n) is 8.07. The molecule has 2 heterocycles. The van der Waals surface area contributed by atoms with Crippen LogP contribution in [0, 0.1) is 11.6 Å². The monoisotopic (exact) mass is 492 g/mol. The standard InChI is InChI=1S/C22H16F4N4O3S/c23-15-12(18(25)26)8-13(16(24)17(15)31)19-28-27-14(34-19)10-30-21(33)29(20(32)22(30)6-7-22)9-11-4-2-1-3-5-11/h1-5,8,18,31H,6-7,9-10H2. The summed E-state index contributed by atoms with van der Waals surface area (Å²) in [7, 11) is 0. The summed E-state index contributed by atoms with van der Waals surface area (Å²) in [4.78, 5) is 28.6. The van der Waals surface area contributed by atoms with E-state index >= 15 is 0 Å². The van der Waals surface area contributed by atoms with E-state index in [0.717, 1.165) is 16.9 Å². The van der Waals surface area contributed by atoms with E-state index in [1.807, 2.05) is 6.07 Å². The summed E-state index contributed by atoms with van der Waals surface area (Å²) in [5, 5.41) is 17.3. The van der Waals surface area contributed by atoms with Crippen molar-refractivity contribution in [3.8, 4) is 16.3 Å². The van der Waals surface area contributed by atoms with E-state index in [1.165, 1.54) is 9.80 Å². The van der Waals surface area contributed by atoms with E-state index in [0.29, 0.717) is 18.9 Å². The van der Waals surface area contributed by atoms with Crippen LogP contribution in [0.5, 0.6) is 5.75 Å². The van der Waals surface area contributed by atoms with Gasteiger partial charge in [0.15, 0.2) is 22.4 Å². The molecule has 2 fully saturated rings. The second-order valence-corrected chi connectivity index (χ2v) is 9.13. The zero-order chi connectivity index (χ0) is 24.2. The highest BCUT2D eigenvalue weighted by molar-refractivity contribution is 7.14. The van der Waals surface area contributed by atoms with Crippen molar-refractivity contribution >= 4 is 23.3 Å². The molecule has 1 saturated carbocycles. The maximum absolute atomic E-state index is 14.4. The van der Waals surface area contributed by atoms with Crippen molar-refractivity contribution in [3.63, 3.8) is 0 Å². The summed E-state index contributed by atoms with van der Waals surface area (Å²) >= 11 is 0.795. The molecule has 2 aromatic carbocycles. The lowest BCUT2D eigenvalue weighted by Gasteiger charge is -2.19. The Labute approximate surface area is 194 Å². The van der Waals surface area contributed by atoms with Crippen LogP contribution < -0.4 is 0 Å². The lowest BCUT2D eigenvalue weighted by Crippen LogP contribution is -2.36. The molecule has 1 N–H and O–H groups in total. The van der Waals surface area contributed by atoms with Crippen molar-refractivity contribution in [2.45, 2.75) is 37.9 Å². The minimum Gasteiger partial charge on any atom is -0.503 e. The Balaban J connectivity index is 1.41. The van der Waals surface area contributed by atoms with Crippen molar-refractivity contribution in [2.24, 2.45) is 0 Å². The topological polar surface area (TPSA) is 86.6 Å². The van der Waals surface area contributed by atoms with Crippen LogP contribution in [-0.2, 0) is 17.9 Å². The molecule has 2 aliphatic rings. The first kappa shape index (κ1) is 22.3. The highest BCUT2D eigenvalue weighted by atomic mass is 32.1. The molecule has 0 bridgehead atoms. The van der Waals surface area contributed by atoms with Gasteiger partial charge in [-0.1, -0.05) is 41.7 Å². The van der Waals surface area contributed by atoms with E-state index in [4.69, 9.17) is 0 Å². The van der Waals surface area contributed by atoms with Crippen molar-refractivity contribution in [1.29, 1.82) is 0 Å². The van der Waals surface area contributed by atoms with E-state index < -0.39 is 46.5 Å². The molecule has 176 valence electrons. The molecule has 0 unspecified atom stereocenters. The van der Waals surface area contributed by atoms with Gasteiger partial charge >= 0.3 is 6.03 Å². The Bertz CT molecular complexity index is 1300. The minimum absolute atomic E-state index is 0.0932. The zero-order valence-electron chi connectivity index (χ0n) is 17.3. The molecule has 7 nitrogen and oxygen atoms in total. The highest BCUT2D eigenvalue weighted by Gasteiger charge is 2.64. The van der Waals surface area contributed by atoms with Gasteiger partial charge in [0.25, 0.3) is 12.3 Å². The van der Waals surface area contributed by atoms with Crippen LogP contribution in [0.25, 0.3) is 10.6 Å². The SMILES string of the molecule is O=C1N(Cc2ccccc2)C(=O)C2(CC2)N1Cc1nnc(-c2cc(C(F)F)c(F)c(O)c2F)s1. The molecule has 0 atom stereocenters. The number of nitrogens with zero attached hydrogens (tertiary/aromatic N) is 4. The molecule has 1 aliphatic heterocycles. The van der Waals surface area contributed by atoms with Gasteiger partial charge in [0.05, 0.1) is 24.2 Å². The number of urea groups is 1. The van der Waals surface area contributed by atoms with Crippen LogP contribution in [0.3, 0.4) is 0 Å². The molecular formula is C22H16F4N4O3S. The molecule has 34 heavy (non-hydrogen) atoms. The normalized spacial score (nSPS) is 16.9. The first-order valence-electron chi connectivity index (χ1n) is 10.2. The quantitative estimate of drug-likeness (QED) is 0.401. The van der Waals surface area contributed by atoms with E-state index in [9.17, 15) is 32.3 Å². The zero-order valence-corrected chi connectivity index (χ0v) is 18.2. The maximum Gasteiger partial charge on any atom is 0.328 e. The summed E-state index contributed by atoms with van der Waals surface area (Å²) in [5.41, 5.74) is -1.87. The van der Waals surface area contributed by atoms with Gasteiger partial charge in [0.2, 0.25) is 0 Å². The number of rotatable bonds is 6. The summed E-state index contributed by atoms with van der Waals surface area (Å²) in [5.74, 6) is -5.01. The van der Waals surface area contributed by atoms with Crippen molar-refractivity contribution in [2.75, 3.05) is 0 Å². The van der Waals surface area contributed by atoms with Gasteiger partial charge in [-0.3, -0.25) is 9.69 Å². The number of aromatic nitrogens is 2. The van der Waals surface area contributed by atoms with Crippen LogP contribution in [0.2, 0.25) is 0 Å². The number of hydrogen-bond donors (Lipinski definition) is 1. The Morgan fingerprint density at radius 3 is 2.41 bits per heavy atom. The molecule has 1 spiro atoms. The lowest BCUT2D eigenvalue weighted by molar-refractivity contribution is -0.129. The van der Waals surface area contributed by atoms with Crippen LogP contribution in [0.15, 0.2) is 36.4 Å². The maximum atomic E-state index is 14.4. The predicted octanol–water partition coefficient (Wildman–Crippen LogP) is 4.62. The van der Waals surface area contributed by atoms with Gasteiger partial charge < -0.3 is 10.0 Å². The number of phenols is 1. The third-order valence-electron chi connectivity index (χ3n) is 5.96. The number of amides is 3. The summed E-state index contributed by atoms with van der Waals surface area (Å²) in [6.07, 6.45) is -2.30. The molecule has 5 rings (SSSR count). The molecule has 3 amide bonds. The Hall–Kier alpha value is -3.54. The van der Waals surface area contributed by atoms with Gasteiger partial charge in [-0.2, -0.15) is 0 Å². The van der Waals surface area contributed by atoms with Gasteiger partial charge in [-0.05, 0) is 24.5 Å². The fourth-order valence-electron chi connectivity index (χ4n) is 4.03. The summed E-state index contributed by atoms with van der Waals surface area (Å²) in [6.45, 7) is 0.0264. The van der Waals surface area contributed by atoms with Crippen molar-refractivity contribution in [3.05, 3.63) is 64.2 Å². The highest BCUT2D eigenvalue weighted by Crippen LogP contribution is 2.49. The smallest absolute Gasteiger partial charge is 0.328 e. The van der Waals surface area contributed by atoms with Crippen molar-refractivity contribution in [1.82, 2.24) is 20.0 Å². The molecule has 1 saturated heterocycles. The number of phenolic OH excluding ortho intramolecular Hbond substituents is 1. The number of carbonyl (C=O) groups is 2. The number of halogens is 4. The summed E-state index contributed by atoms with van der Waals surface area (Å²) in [6, 6.07) is 9.13. The van der Waals surface area contributed by atoms with Gasteiger partial charge in [-0.25, -0.2) is 22.4 Å². The first-order valence-corrected chi connectivity index (χ1v) is 11.0. The van der Waals surface area contributed by atoms with Crippen molar-refractivity contribution < 1.29 is 32.3 Å². The van der Waals surface area contributed by atoms with Crippen LogP contribution in [-0.4, -0.2) is 42.6 Å². The predicted molar refractivity (Wildman–Crippen MR) is 112 cm³/mol. The average molecular weight is 492 g/mol. The third-order valence-corrected chi connectivity index (χ3v) is 6.90. The van der Waals surface area contributed by atoms with Crippen LogP contribution >= 0.6 is 11.3 Å². The van der Waals surface area contributed by atoms with E-state index in [2.05, 4.69) is 10.2 Å². The number of carbonyl (C=O) groups excluding carboxylic acids is 2. The molecular weight excluding hydrogens is 476 g/mol. The first-order chi connectivity index (χ1) is 16.2. The van der Waals surface area contributed by atoms with Gasteiger partial charge in [0.1, 0.15) is 10.5 Å². The molecule has 0 radical (unpaired) electrons. The third kappa shape index (κ3) is 3.49. The van der Waals surface area contributed by atoms with E-state index in [1.54, 1.807) is 24.3 Å². The molecule has 12 heteroatoms. The molecule has 1 aliphatic carbocycles. The van der Waals surface area contributed by atoms with Crippen LogP contribution in [0.1, 0.15) is 35.4 Å². The number of hydrogen-bond acceptors (Lipinski definition) is 6. The minimum atomic E-state index is -3.28. The van der Waals surface area contributed by atoms with Gasteiger partial charge in [-0.15, -0.1) is 10.2 Å². The average Bonchev–Trinajstić information content (AvgIpc) is 3.46. The number of imide groups is 1. The number of aromatic hydroxyl groups is 1. The fraction of sp³-hybridized carbons (Fsp3) is 0.273. The summed E-state index contributed by atoms with van der Waals surface area (Å²) < 4.78 is 54.3. The Morgan fingerprint density at radius 1 is 1.06 bits per heavy atom. The molecule has 1 aromatic heterocycles. The number of alkyl halides is 2. The lowest BCUT2D eigenvalue weighted by atomic mass is 10.1. The van der Waals surface area contributed by atoms with Crippen LogP contribution in [0.4, 0.5) is 22.4 Å². The van der Waals surface area contributed by atoms with Gasteiger partial charge in [0, 0.05) is 0 Å². The van der Waals surface area contributed by atoms with E-state index in [-0.39, 0.29) is 29.0 Å². The number of benzene rings is 2. The Kier molecular flexibility index (Phi) is 5.27. The fourth-order valence-corrected chi connectivity index (χ4v) is 4.87. The molecule has 3 aromatic rings. The largest absolute Gasteiger partial charge is 0.503 e.